The van der Waals surface area contributed by atoms with Gasteiger partial charge in [0.15, 0.2) is 0 Å². The van der Waals surface area contributed by atoms with Gasteiger partial charge in [-0.15, -0.1) is 5.10 Å². The van der Waals surface area contributed by atoms with Crippen molar-refractivity contribution in [2.75, 3.05) is 5.32 Å². The minimum absolute atomic E-state index is 0.344. The first kappa shape index (κ1) is 17.4. The maximum atomic E-state index is 12.5. The molecule has 26 heavy (non-hydrogen) atoms. The number of anilines is 1. The molecular weight excluding hydrogens is 330 g/mol. The topological polar surface area (TPSA) is 71.0 Å². The molecule has 0 radical (unpaired) electrons. The van der Waals surface area contributed by atoms with Crippen LogP contribution in [-0.4, -0.2) is 22.8 Å². The molecule has 0 saturated carbocycles. The van der Waals surface area contributed by atoms with E-state index in [1.807, 2.05) is 24.3 Å². The number of hydrazone groups is 1. The minimum Gasteiger partial charge on any atom is -0.361 e. The second-order valence-electron chi connectivity index (χ2n) is 5.72. The van der Waals surface area contributed by atoms with E-state index in [2.05, 4.69) is 17.3 Å². The Morgan fingerprint density at radius 2 is 1.85 bits per heavy atom. The van der Waals surface area contributed by atoms with E-state index in [1.165, 1.54) is 0 Å². The molecule has 1 heterocycles. The van der Waals surface area contributed by atoms with Gasteiger partial charge < -0.3 is 10.2 Å². The summed E-state index contributed by atoms with van der Waals surface area (Å²) in [5.74, 6) is -1.13. The third-order valence-electron chi connectivity index (χ3n) is 3.98. The summed E-state index contributed by atoms with van der Waals surface area (Å²) in [6, 6.07) is 16.3. The molecule has 6 heteroatoms. The Labute approximate surface area is 151 Å². The summed E-state index contributed by atoms with van der Waals surface area (Å²) >= 11 is 0. The highest BCUT2D eigenvalue weighted by atomic mass is 16.7. The minimum atomic E-state index is -0.638. The highest BCUT2D eigenvalue weighted by Crippen LogP contribution is 2.19. The lowest BCUT2D eigenvalue weighted by atomic mass is 10.1. The van der Waals surface area contributed by atoms with Gasteiger partial charge in [-0.1, -0.05) is 43.3 Å². The fourth-order valence-corrected chi connectivity index (χ4v) is 2.55. The number of nitrogens with zero attached hydrogens (tertiary/aromatic N) is 2. The molecule has 0 aliphatic carbocycles. The first-order valence-corrected chi connectivity index (χ1v) is 8.32. The molecule has 1 N–H and O–H groups in total. The van der Waals surface area contributed by atoms with Crippen molar-refractivity contribution in [1.29, 1.82) is 0 Å². The van der Waals surface area contributed by atoms with Gasteiger partial charge in [0.2, 0.25) is 0 Å². The van der Waals surface area contributed by atoms with Gasteiger partial charge in [0.1, 0.15) is 0 Å². The van der Waals surface area contributed by atoms with Gasteiger partial charge in [-0.05, 0) is 42.3 Å². The number of nitrogens with one attached hydrogen (secondary N) is 1. The summed E-state index contributed by atoms with van der Waals surface area (Å²) in [6.07, 6.45) is 2.46. The van der Waals surface area contributed by atoms with Gasteiger partial charge in [-0.25, -0.2) is 4.79 Å². The van der Waals surface area contributed by atoms with Crippen LogP contribution in [0.15, 0.2) is 71.5 Å². The number of carbonyl (C=O) groups is 2. The van der Waals surface area contributed by atoms with E-state index >= 15 is 0 Å². The fourth-order valence-electron chi connectivity index (χ4n) is 2.55. The summed E-state index contributed by atoms with van der Waals surface area (Å²) in [5.41, 5.74) is 3.22. The molecule has 0 saturated heterocycles. The van der Waals surface area contributed by atoms with E-state index in [0.29, 0.717) is 16.8 Å². The summed E-state index contributed by atoms with van der Waals surface area (Å²) in [4.78, 5) is 29.7. The quantitative estimate of drug-likeness (QED) is 0.838. The lowest BCUT2D eigenvalue weighted by Crippen LogP contribution is -2.26. The maximum Gasteiger partial charge on any atom is 0.365 e. The van der Waals surface area contributed by atoms with Crippen LogP contribution < -0.4 is 5.32 Å². The van der Waals surface area contributed by atoms with Crippen molar-refractivity contribution in [2.45, 2.75) is 20.3 Å². The summed E-state index contributed by atoms with van der Waals surface area (Å²) < 4.78 is 0. The van der Waals surface area contributed by atoms with Crippen molar-refractivity contribution < 1.29 is 14.4 Å². The zero-order valence-electron chi connectivity index (χ0n) is 14.6. The lowest BCUT2D eigenvalue weighted by molar-refractivity contribution is -0.160. The number of para-hydroxylation sites is 1. The van der Waals surface area contributed by atoms with Crippen LogP contribution in [-0.2, 0) is 16.1 Å². The average Bonchev–Trinajstić information content (AvgIpc) is 2.94. The van der Waals surface area contributed by atoms with E-state index < -0.39 is 11.9 Å². The highest BCUT2D eigenvalue weighted by Gasteiger charge is 2.31. The van der Waals surface area contributed by atoms with Crippen LogP contribution in [0.5, 0.6) is 0 Å². The van der Waals surface area contributed by atoms with E-state index in [9.17, 15) is 9.59 Å². The lowest BCUT2D eigenvalue weighted by Gasteiger charge is -2.11. The highest BCUT2D eigenvalue weighted by molar-refractivity contribution is 6.23. The number of rotatable bonds is 5. The van der Waals surface area contributed by atoms with Crippen molar-refractivity contribution in [2.24, 2.45) is 5.10 Å². The smallest absolute Gasteiger partial charge is 0.361 e. The standard InChI is InChI=1S/C20H19N3O3/c1-3-15-9-7-8-12-18(15)21-13-17-14(2)22-23(19(17)24)26-20(25)16-10-5-4-6-11-16/h4-13,21H,3H2,1-2H3. The van der Waals surface area contributed by atoms with Gasteiger partial charge >= 0.3 is 11.9 Å². The molecule has 0 aromatic heterocycles. The third-order valence-corrected chi connectivity index (χ3v) is 3.98. The predicted molar refractivity (Wildman–Crippen MR) is 99.3 cm³/mol. The number of hydroxylamine groups is 1. The zero-order valence-corrected chi connectivity index (χ0v) is 14.6. The summed E-state index contributed by atoms with van der Waals surface area (Å²) in [5, 5.41) is 7.89. The molecule has 0 bridgehead atoms. The van der Waals surface area contributed by atoms with E-state index in [-0.39, 0.29) is 0 Å². The number of benzene rings is 2. The predicted octanol–water partition coefficient (Wildman–Crippen LogP) is 3.53. The van der Waals surface area contributed by atoms with Crippen molar-refractivity contribution >= 4 is 23.3 Å². The van der Waals surface area contributed by atoms with Gasteiger partial charge in [0.05, 0.1) is 16.8 Å². The van der Waals surface area contributed by atoms with E-state index in [4.69, 9.17) is 4.84 Å². The third kappa shape index (κ3) is 3.64. The Morgan fingerprint density at radius 3 is 2.58 bits per heavy atom. The van der Waals surface area contributed by atoms with Crippen LogP contribution >= 0.6 is 0 Å². The Bertz CT molecular complexity index is 888. The number of carbonyl (C=O) groups excluding carboxylic acids is 2. The first-order chi connectivity index (χ1) is 12.6. The Hall–Kier alpha value is -3.41. The van der Waals surface area contributed by atoms with Crippen molar-refractivity contribution in [1.82, 2.24) is 5.17 Å². The normalized spacial score (nSPS) is 15.2. The molecule has 132 valence electrons. The summed E-state index contributed by atoms with van der Waals surface area (Å²) in [7, 11) is 0. The molecule has 2 aromatic carbocycles. The van der Waals surface area contributed by atoms with Gasteiger partial charge in [-0.3, -0.25) is 4.79 Å². The second kappa shape index (κ2) is 7.65. The van der Waals surface area contributed by atoms with Crippen molar-refractivity contribution in [3.8, 4) is 0 Å². The van der Waals surface area contributed by atoms with Crippen molar-refractivity contribution in [3.05, 3.63) is 77.5 Å². The molecule has 1 aliphatic rings. The van der Waals surface area contributed by atoms with Crippen LogP contribution in [0.1, 0.15) is 29.8 Å². The van der Waals surface area contributed by atoms with Crippen molar-refractivity contribution in [3.63, 3.8) is 0 Å². The molecule has 0 fully saturated rings. The maximum absolute atomic E-state index is 12.5. The molecule has 0 unspecified atom stereocenters. The van der Waals surface area contributed by atoms with Crippen LogP contribution in [0.25, 0.3) is 0 Å². The largest absolute Gasteiger partial charge is 0.365 e. The Balaban J connectivity index is 1.72. The molecule has 0 spiro atoms. The number of hydrogen-bond donors (Lipinski definition) is 1. The number of hydrogen-bond acceptors (Lipinski definition) is 5. The Morgan fingerprint density at radius 1 is 1.15 bits per heavy atom. The van der Waals surface area contributed by atoms with Crippen LogP contribution in [0.2, 0.25) is 0 Å². The molecule has 3 rings (SSSR count). The number of aryl methyl sites for hydroxylation is 1. The monoisotopic (exact) mass is 349 g/mol. The zero-order chi connectivity index (χ0) is 18.5. The van der Waals surface area contributed by atoms with Crippen LogP contribution in [0.4, 0.5) is 5.69 Å². The Kier molecular flexibility index (Phi) is 5.12. The fraction of sp³-hybridized carbons (Fsp3) is 0.150. The average molecular weight is 349 g/mol. The first-order valence-electron chi connectivity index (χ1n) is 8.32. The molecule has 1 amide bonds. The molecule has 2 aromatic rings. The molecule has 1 aliphatic heterocycles. The molecule has 6 nitrogen and oxygen atoms in total. The molecular formula is C20H19N3O3. The van der Waals surface area contributed by atoms with Gasteiger partial charge in [0, 0.05) is 11.9 Å². The van der Waals surface area contributed by atoms with Gasteiger partial charge in [0.25, 0.3) is 0 Å². The molecule has 0 atom stereocenters. The van der Waals surface area contributed by atoms with E-state index in [1.54, 1.807) is 43.5 Å². The van der Waals surface area contributed by atoms with Crippen LogP contribution in [0.3, 0.4) is 0 Å². The second-order valence-corrected chi connectivity index (χ2v) is 5.72. The van der Waals surface area contributed by atoms with Gasteiger partial charge in [-0.2, -0.15) is 0 Å². The number of amides is 1. The van der Waals surface area contributed by atoms with Crippen LogP contribution in [0, 0.1) is 0 Å². The van der Waals surface area contributed by atoms with E-state index in [0.717, 1.165) is 22.8 Å². The SMILES string of the molecule is CCc1ccccc1NC=C1C(=O)N(OC(=O)c2ccccc2)N=C1C. The summed E-state index contributed by atoms with van der Waals surface area (Å²) in [6.45, 7) is 3.75.